The molecule has 1 heterocycles. The average molecular weight is 1540 g/mol. The summed E-state index contributed by atoms with van der Waals surface area (Å²) in [6, 6.07) is 11.0. The predicted molar refractivity (Wildman–Crippen MR) is 381 cm³/mol. The minimum absolute atomic E-state index is 0.0219. The van der Waals surface area contributed by atoms with E-state index in [1.54, 1.807) is 37.4 Å². The van der Waals surface area contributed by atoms with E-state index < -0.39 is 140 Å². The van der Waals surface area contributed by atoms with Gasteiger partial charge in [-0.2, -0.15) is 10.1 Å². The van der Waals surface area contributed by atoms with Crippen LogP contribution < -0.4 is 53.2 Å². The fourth-order valence-corrected chi connectivity index (χ4v) is 10.5. The topological polar surface area (TPSA) is 446 Å². The van der Waals surface area contributed by atoms with E-state index in [2.05, 4.69) is 58.3 Å². The summed E-state index contributed by atoms with van der Waals surface area (Å²) in [4.78, 5) is 156. The monoisotopic (exact) mass is 1540 g/mol. The molecular formula is C68H105F2N13O23S. The zero-order chi connectivity index (χ0) is 78.5. The summed E-state index contributed by atoms with van der Waals surface area (Å²) in [6.07, 6.45) is -1.20. The number of ether oxygens (including phenoxy) is 10. The van der Waals surface area contributed by atoms with Crippen molar-refractivity contribution in [1.29, 1.82) is 0 Å². The summed E-state index contributed by atoms with van der Waals surface area (Å²) in [5.74, 6) is -8.81. The highest BCUT2D eigenvalue weighted by Crippen LogP contribution is 2.51. The molecule has 107 heavy (non-hydrogen) atoms. The first kappa shape index (κ1) is 92.6. The molecule has 0 saturated carbocycles. The standard InChI is InChI=1S/C68H105F2N13O23S/c1-67(2,3)41-57(87)72-19-15-56(86)78-43-59(89)80-45-60(90)79-44-58(88)77-42-52(84)39-49(63(93)75-23-24-98-27-28-100-31-32-102-35-36-104-38-37-103-34-33-101-30-29-99-26-25-96-5)46-106-65(94)76-20-16-55(85)73-21-22-74-62(92)48-105-47-61(91)71-18-10-17-68(50-11-8-7-9-12-50)83(66(95)82(4)97-6)81-64(107-68)53-40-51(69)13-14-54(53)70/h7-9,11-14,40,49H,10,15-39,41-48H2,1-6H3,(H,71,91)(H,72,87)(H,73,85)(H,74,92)(H,75,93)(H,76,94)(H,77,88)(H,78,86)(H,79,90)(H,80,89)/t49?,68-/m0/s1. The molecule has 0 spiro atoms. The summed E-state index contributed by atoms with van der Waals surface area (Å²) in [7, 11) is 4.25. The Morgan fingerprint density at radius 3 is 1.53 bits per heavy atom. The fraction of sp³-hybridized carbons (Fsp3) is 0.632. The van der Waals surface area contributed by atoms with E-state index in [4.69, 9.17) is 52.2 Å². The van der Waals surface area contributed by atoms with Crippen molar-refractivity contribution in [3.63, 3.8) is 0 Å². The molecule has 0 aromatic heterocycles. The maximum absolute atomic E-state index is 15.1. The number of hydroxylamine groups is 2. The number of rotatable bonds is 58. The van der Waals surface area contributed by atoms with Gasteiger partial charge in [0.2, 0.25) is 53.2 Å². The molecule has 0 saturated heterocycles. The van der Waals surface area contributed by atoms with Crippen molar-refractivity contribution in [3.8, 4) is 0 Å². The molecule has 39 heteroatoms. The van der Waals surface area contributed by atoms with Crippen LogP contribution in [0.2, 0.25) is 0 Å². The second-order valence-corrected chi connectivity index (χ2v) is 25.7. The molecule has 2 atom stereocenters. The number of hydrogen-bond acceptors (Lipinski definition) is 25. The molecule has 0 bridgehead atoms. The second-order valence-electron chi connectivity index (χ2n) is 24.4. The molecule has 0 aliphatic carbocycles. The van der Waals surface area contributed by atoms with Gasteiger partial charge in [0.25, 0.3) is 0 Å². The van der Waals surface area contributed by atoms with Crippen molar-refractivity contribution >= 4 is 87.9 Å². The lowest BCUT2D eigenvalue weighted by Gasteiger charge is -2.37. The second kappa shape index (κ2) is 54.9. The molecule has 0 radical (unpaired) electrons. The molecule has 3 rings (SSSR count). The molecule has 36 nitrogen and oxygen atoms in total. The molecule has 12 amide bonds. The third-order valence-electron chi connectivity index (χ3n) is 14.4. The first-order chi connectivity index (χ1) is 51.4. The van der Waals surface area contributed by atoms with Crippen LogP contribution in [0.4, 0.5) is 18.4 Å². The first-order valence-electron chi connectivity index (χ1n) is 34.7. The Kier molecular flexibility index (Phi) is 47.5. The van der Waals surface area contributed by atoms with Crippen molar-refractivity contribution in [1.82, 2.24) is 63.2 Å². The van der Waals surface area contributed by atoms with E-state index in [0.29, 0.717) is 78.2 Å². The van der Waals surface area contributed by atoms with Crippen LogP contribution in [0, 0.1) is 23.0 Å². The molecule has 1 unspecified atom stereocenters. The van der Waals surface area contributed by atoms with Crippen LogP contribution in [0.1, 0.15) is 70.4 Å². The fourth-order valence-electron chi connectivity index (χ4n) is 9.05. The molecule has 1 aliphatic rings. The average Bonchev–Trinajstić information content (AvgIpc) is 1.60. The van der Waals surface area contributed by atoms with Gasteiger partial charge >= 0.3 is 12.1 Å². The number of hydrazone groups is 1. The number of ketones is 1. The Hall–Kier alpha value is -8.64. The van der Waals surface area contributed by atoms with Crippen molar-refractivity contribution in [2.45, 2.75) is 64.2 Å². The van der Waals surface area contributed by atoms with Gasteiger partial charge in [-0.25, -0.2) is 23.4 Å². The summed E-state index contributed by atoms with van der Waals surface area (Å²) in [5.41, 5.74) is 0.221. The lowest BCUT2D eigenvalue weighted by molar-refractivity contribution is -0.131. The number of alkyl carbamates (subject to hydrolysis) is 1. The largest absolute Gasteiger partial charge is 0.449 e. The molecule has 2 aromatic carbocycles. The van der Waals surface area contributed by atoms with Crippen LogP contribution in [-0.4, -0.2) is 292 Å². The number of nitrogens with zero attached hydrogens (tertiary/aromatic N) is 3. The molecule has 0 fully saturated rings. The van der Waals surface area contributed by atoms with E-state index in [-0.39, 0.29) is 120 Å². The predicted octanol–water partition coefficient (Wildman–Crippen LogP) is -0.735. The van der Waals surface area contributed by atoms with Gasteiger partial charge in [-0.15, -0.1) is 0 Å². The number of urea groups is 1. The van der Waals surface area contributed by atoms with Crippen LogP contribution in [0.15, 0.2) is 53.6 Å². The maximum atomic E-state index is 15.1. The molecular weight excluding hydrogens is 1440 g/mol. The zero-order valence-electron chi connectivity index (χ0n) is 61.6. The Balaban J connectivity index is 1.36. The number of amides is 12. The first-order valence-corrected chi connectivity index (χ1v) is 35.5. The molecule has 10 N–H and O–H groups in total. The van der Waals surface area contributed by atoms with Gasteiger partial charge in [-0.3, -0.25) is 52.8 Å². The highest BCUT2D eigenvalue weighted by Gasteiger charge is 2.50. The highest BCUT2D eigenvalue weighted by molar-refractivity contribution is 8.15. The minimum atomic E-state index is -1.29. The Bertz CT molecular complexity index is 3110. The van der Waals surface area contributed by atoms with Crippen LogP contribution >= 0.6 is 11.8 Å². The molecule has 600 valence electrons. The van der Waals surface area contributed by atoms with Gasteiger partial charge in [-0.05, 0) is 42.0 Å². The number of methoxy groups -OCH3 is 1. The van der Waals surface area contributed by atoms with Gasteiger partial charge in [0.1, 0.15) is 41.4 Å². The smallest absolute Gasteiger partial charge is 0.407 e. The Labute approximate surface area is 624 Å². The lowest BCUT2D eigenvalue weighted by Crippen LogP contribution is -2.47. The quantitative estimate of drug-likeness (QED) is 0.0288. The van der Waals surface area contributed by atoms with E-state index in [9.17, 15) is 61.9 Å². The van der Waals surface area contributed by atoms with Crippen LogP contribution in [-0.2, 0) is 105 Å². The third kappa shape index (κ3) is 42.5. The van der Waals surface area contributed by atoms with Crippen LogP contribution in [0.3, 0.4) is 0 Å². The van der Waals surface area contributed by atoms with Gasteiger partial charge < -0.3 is 101 Å². The number of Topliss-reactive ketones (excluding diaryl/α,β-unsaturated/α-hetero) is 1. The van der Waals surface area contributed by atoms with Crippen molar-refractivity contribution in [2.24, 2.45) is 16.4 Å². The highest BCUT2D eigenvalue weighted by atomic mass is 32.2. The SMILES string of the molecule is COCCOCCOCCOCCOCCOCCOCCOCCNC(=O)C(COC(=O)NCCC(=O)NCCNC(=O)COCC(=O)NCCC[C@@]1(c2ccccc2)SC(c2cc(F)ccc2F)=NN1C(=O)N(C)OC)CC(=O)CNC(=O)CNC(=O)CNC(=O)CNC(=O)CCNC(=O)CC(C)(C)C. The Morgan fingerprint density at radius 1 is 0.523 bits per heavy atom. The summed E-state index contributed by atoms with van der Waals surface area (Å²) in [5, 5.41) is 31.2. The number of benzene rings is 2. The minimum Gasteiger partial charge on any atom is -0.449 e. The number of carbonyl (C=O) groups is 12. The summed E-state index contributed by atoms with van der Waals surface area (Å²) >= 11 is 1.04. The molecule has 1 aliphatic heterocycles. The Morgan fingerprint density at radius 2 is 1.00 bits per heavy atom. The van der Waals surface area contributed by atoms with Crippen LogP contribution in [0.25, 0.3) is 0 Å². The summed E-state index contributed by atoms with van der Waals surface area (Å²) < 4.78 is 83.0. The van der Waals surface area contributed by atoms with Gasteiger partial charge in [0, 0.05) is 84.7 Å². The van der Waals surface area contributed by atoms with Crippen LogP contribution in [0.5, 0.6) is 0 Å². The van der Waals surface area contributed by atoms with E-state index in [0.717, 1.165) is 40.0 Å². The van der Waals surface area contributed by atoms with Gasteiger partial charge in [0.05, 0.1) is 138 Å². The third-order valence-corrected chi connectivity index (χ3v) is 15.9. The lowest BCUT2D eigenvalue weighted by atomic mass is 9.92. The van der Waals surface area contributed by atoms with Crippen molar-refractivity contribution in [3.05, 3.63) is 71.3 Å². The number of halogens is 2. The molecule has 2 aromatic rings. The van der Waals surface area contributed by atoms with E-state index in [1.165, 1.54) is 14.2 Å². The summed E-state index contributed by atoms with van der Waals surface area (Å²) in [6.45, 7) is 7.08. The van der Waals surface area contributed by atoms with Gasteiger partial charge in [-0.1, -0.05) is 62.9 Å². The normalized spacial score (nSPS) is 13.5. The van der Waals surface area contributed by atoms with Crippen molar-refractivity contribution in [2.75, 3.05) is 206 Å². The number of nitrogens with one attached hydrogen (secondary N) is 10. The zero-order valence-corrected chi connectivity index (χ0v) is 62.4. The maximum Gasteiger partial charge on any atom is 0.407 e. The van der Waals surface area contributed by atoms with E-state index >= 15 is 4.39 Å². The number of thioether (sulfide) groups is 1. The van der Waals surface area contributed by atoms with Crippen molar-refractivity contribution < 1.29 is 119 Å². The number of hydrogen-bond donors (Lipinski definition) is 10. The van der Waals surface area contributed by atoms with Gasteiger partial charge in [0.15, 0.2) is 5.78 Å². The van der Waals surface area contributed by atoms with E-state index in [1.807, 2.05) is 20.8 Å². The number of carbonyl (C=O) groups excluding carboxylic acids is 12.